The Hall–Kier alpha value is -2.13. The second-order valence-electron chi connectivity index (χ2n) is 7.13. The lowest BCUT2D eigenvalue weighted by Gasteiger charge is -2.18. The summed E-state index contributed by atoms with van der Waals surface area (Å²) in [7, 11) is 1.62. The lowest BCUT2D eigenvalue weighted by Crippen LogP contribution is -2.33. The number of thioether (sulfide) groups is 1. The third-order valence-electron chi connectivity index (χ3n) is 4.83. The van der Waals surface area contributed by atoms with Gasteiger partial charge in [0.15, 0.2) is 22.5 Å². The first-order valence-electron chi connectivity index (χ1n) is 9.80. The van der Waals surface area contributed by atoms with Gasteiger partial charge in [0, 0.05) is 13.2 Å². The molecule has 1 amide bonds. The number of hydrogen-bond acceptors (Lipinski definition) is 6. The van der Waals surface area contributed by atoms with Gasteiger partial charge in [0.2, 0.25) is 5.91 Å². The van der Waals surface area contributed by atoms with Crippen LogP contribution in [0.15, 0.2) is 29.4 Å². The predicted octanol–water partition coefficient (Wildman–Crippen LogP) is 3.35. The van der Waals surface area contributed by atoms with Crippen LogP contribution in [0.25, 0.3) is 0 Å². The number of benzene rings is 1. The zero-order valence-corrected chi connectivity index (χ0v) is 17.6. The van der Waals surface area contributed by atoms with Crippen LogP contribution in [-0.4, -0.2) is 46.2 Å². The van der Waals surface area contributed by atoms with Crippen molar-refractivity contribution in [3.63, 3.8) is 0 Å². The highest BCUT2D eigenvalue weighted by Crippen LogP contribution is 2.24. The van der Waals surface area contributed by atoms with E-state index < -0.39 is 5.82 Å². The molecule has 0 bridgehead atoms. The van der Waals surface area contributed by atoms with Crippen LogP contribution in [0.3, 0.4) is 0 Å². The summed E-state index contributed by atoms with van der Waals surface area (Å²) in [6.45, 7) is 2.49. The molecule has 1 atom stereocenters. The lowest BCUT2D eigenvalue weighted by atomic mass is 10.2. The Morgan fingerprint density at radius 3 is 2.83 bits per heavy atom. The van der Waals surface area contributed by atoms with E-state index in [1.807, 2.05) is 11.5 Å². The van der Waals surface area contributed by atoms with Gasteiger partial charge in [-0.2, -0.15) is 0 Å². The zero-order chi connectivity index (χ0) is 20.6. The van der Waals surface area contributed by atoms with Crippen molar-refractivity contribution in [2.45, 2.75) is 56.5 Å². The van der Waals surface area contributed by atoms with Gasteiger partial charge in [0.1, 0.15) is 6.61 Å². The third-order valence-corrected chi connectivity index (χ3v) is 5.77. The summed E-state index contributed by atoms with van der Waals surface area (Å²) in [4.78, 5) is 12.3. The standard InChI is InChI=1S/C20H27FN4O3S/c1-14(11-27-2)25-18(12-28-17-10-6-5-9-16(17)21)23-24-20(25)29-13-19(26)22-15-7-3-4-8-15/h5-6,9-10,14-15H,3-4,7-8,11-13H2,1-2H3,(H,22,26)/t14-/m0/s1. The van der Waals surface area contributed by atoms with E-state index in [1.54, 1.807) is 25.3 Å². The first kappa shape index (κ1) is 21.6. The highest BCUT2D eigenvalue weighted by Gasteiger charge is 2.21. The van der Waals surface area contributed by atoms with Crippen molar-refractivity contribution >= 4 is 17.7 Å². The van der Waals surface area contributed by atoms with E-state index in [-0.39, 0.29) is 36.1 Å². The van der Waals surface area contributed by atoms with Crippen LogP contribution in [0, 0.1) is 5.82 Å². The number of carbonyl (C=O) groups excluding carboxylic acids is 1. The van der Waals surface area contributed by atoms with E-state index >= 15 is 0 Å². The molecule has 1 heterocycles. The van der Waals surface area contributed by atoms with Crippen LogP contribution >= 0.6 is 11.8 Å². The lowest BCUT2D eigenvalue weighted by molar-refractivity contribution is -0.119. The first-order valence-corrected chi connectivity index (χ1v) is 10.8. The van der Waals surface area contributed by atoms with E-state index in [0.29, 0.717) is 17.6 Å². The summed E-state index contributed by atoms with van der Waals surface area (Å²) in [6, 6.07) is 6.46. The Bertz CT molecular complexity index is 811. The summed E-state index contributed by atoms with van der Waals surface area (Å²) < 4.78 is 26.6. The molecule has 29 heavy (non-hydrogen) atoms. The average Bonchev–Trinajstić information content (AvgIpc) is 3.35. The van der Waals surface area contributed by atoms with Crippen molar-refractivity contribution in [1.82, 2.24) is 20.1 Å². The summed E-state index contributed by atoms with van der Waals surface area (Å²) in [5.41, 5.74) is 0. The molecule has 2 aromatic rings. The van der Waals surface area contributed by atoms with Gasteiger partial charge in [-0.1, -0.05) is 36.7 Å². The highest BCUT2D eigenvalue weighted by atomic mass is 32.2. The van der Waals surface area contributed by atoms with E-state index in [9.17, 15) is 9.18 Å². The number of ether oxygens (including phenoxy) is 2. The number of carbonyl (C=O) groups is 1. The molecule has 0 radical (unpaired) electrons. The van der Waals surface area contributed by atoms with Crippen LogP contribution in [-0.2, 0) is 16.1 Å². The molecular weight excluding hydrogens is 395 g/mol. The van der Waals surface area contributed by atoms with Crippen LogP contribution in [0.1, 0.15) is 44.5 Å². The number of nitrogens with zero attached hydrogens (tertiary/aromatic N) is 3. The third kappa shape index (κ3) is 5.93. The Morgan fingerprint density at radius 1 is 1.34 bits per heavy atom. The van der Waals surface area contributed by atoms with Gasteiger partial charge < -0.3 is 14.8 Å². The highest BCUT2D eigenvalue weighted by molar-refractivity contribution is 7.99. The fourth-order valence-electron chi connectivity index (χ4n) is 3.44. The molecule has 0 saturated heterocycles. The quantitative estimate of drug-likeness (QED) is 0.592. The Labute approximate surface area is 174 Å². The summed E-state index contributed by atoms with van der Waals surface area (Å²) >= 11 is 1.33. The minimum Gasteiger partial charge on any atom is -0.483 e. The SMILES string of the molecule is COC[C@H](C)n1c(COc2ccccc2F)nnc1SCC(=O)NC1CCCC1. The van der Waals surface area contributed by atoms with E-state index in [0.717, 1.165) is 12.8 Å². The maximum absolute atomic E-state index is 13.8. The number of halogens is 1. The van der Waals surface area contributed by atoms with Crippen molar-refractivity contribution in [3.8, 4) is 5.75 Å². The van der Waals surface area contributed by atoms with Crippen LogP contribution in [0.4, 0.5) is 4.39 Å². The number of hydrogen-bond donors (Lipinski definition) is 1. The normalized spacial score (nSPS) is 15.4. The molecule has 7 nitrogen and oxygen atoms in total. The molecule has 1 aliphatic rings. The van der Waals surface area contributed by atoms with Crippen LogP contribution in [0.2, 0.25) is 0 Å². The summed E-state index contributed by atoms with van der Waals surface area (Å²) in [5, 5.41) is 12.1. The summed E-state index contributed by atoms with van der Waals surface area (Å²) in [5.74, 6) is 0.549. The number of nitrogens with one attached hydrogen (secondary N) is 1. The molecular formula is C20H27FN4O3S. The zero-order valence-electron chi connectivity index (χ0n) is 16.8. The van der Waals surface area contributed by atoms with Gasteiger partial charge in [0.25, 0.3) is 0 Å². The van der Waals surface area contributed by atoms with Crippen LogP contribution < -0.4 is 10.1 Å². The first-order chi connectivity index (χ1) is 14.1. The topological polar surface area (TPSA) is 78.3 Å². The number of rotatable bonds is 10. The van der Waals surface area contributed by atoms with Crippen molar-refractivity contribution in [3.05, 3.63) is 35.9 Å². The minimum absolute atomic E-state index is 0.00000113. The van der Waals surface area contributed by atoms with Crippen molar-refractivity contribution in [2.24, 2.45) is 0 Å². The molecule has 1 aliphatic carbocycles. The molecule has 1 aromatic carbocycles. The average molecular weight is 423 g/mol. The maximum Gasteiger partial charge on any atom is 0.230 e. The van der Waals surface area contributed by atoms with Crippen molar-refractivity contribution < 1.29 is 18.7 Å². The van der Waals surface area contributed by atoms with Crippen molar-refractivity contribution in [2.75, 3.05) is 19.5 Å². The predicted molar refractivity (Wildman–Crippen MR) is 108 cm³/mol. The van der Waals surface area contributed by atoms with Gasteiger partial charge in [-0.25, -0.2) is 4.39 Å². The molecule has 0 aliphatic heterocycles. The fraction of sp³-hybridized carbons (Fsp3) is 0.550. The van der Waals surface area contributed by atoms with Gasteiger partial charge in [-0.15, -0.1) is 10.2 Å². The monoisotopic (exact) mass is 422 g/mol. The number of para-hydroxylation sites is 1. The maximum atomic E-state index is 13.8. The fourth-order valence-corrected chi connectivity index (χ4v) is 4.30. The Balaban J connectivity index is 1.66. The summed E-state index contributed by atoms with van der Waals surface area (Å²) in [6.07, 6.45) is 4.45. The van der Waals surface area contributed by atoms with E-state index in [1.165, 1.54) is 30.7 Å². The number of aromatic nitrogens is 3. The molecule has 0 unspecified atom stereocenters. The molecule has 1 fully saturated rings. The molecule has 1 N–H and O–H groups in total. The second-order valence-corrected chi connectivity index (χ2v) is 8.07. The molecule has 158 valence electrons. The van der Waals surface area contributed by atoms with Gasteiger partial charge in [-0.05, 0) is 31.9 Å². The molecule has 3 rings (SSSR count). The number of methoxy groups -OCH3 is 1. The van der Waals surface area contributed by atoms with Gasteiger partial charge in [-0.3, -0.25) is 9.36 Å². The van der Waals surface area contributed by atoms with Crippen molar-refractivity contribution in [1.29, 1.82) is 0 Å². The molecule has 9 heteroatoms. The van der Waals surface area contributed by atoms with Crippen LogP contribution in [0.5, 0.6) is 5.75 Å². The van der Waals surface area contributed by atoms with E-state index in [2.05, 4.69) is 15.5 Å². The number of amides is 1. The largest absolute Gasteiger partial charge is 0.483 e. The van der Waals surface area contributed by atoms with Gasteiger partial charge >= 0.3 is 0 Å². The molecule has 1 saturated carbocycles. The minimum atomic E-state index is -0.429. The Kier molecular flexibility index (Phi) is 7.88. The molecule has 0 spiro atoms. The van der Waals surface area contributed by atoms with Gasteiger partial charge in [0.05, 0.1) is 18.4 Å². The molecule has 1 aromatic heterocycles. The Morgan fingerprint density at radius 2 is 2.10 bits per heavy atom. The smallest absolute Gasteiger partial charge is 0.230 e. The second kappa shape index (κ2) is 10.6. The van der Waals surface area contributed by atoms with E-state index in [4.69, 9.17) is 9.47 Å².